The van der Waals surface area contributed by atoms with Crippen LogP contribution in [0.2, 0.25) is 5.02 Å². The highest BCUT2D eigenvalue weighted by molar-refractivity contribution is 6.54. The molecule has 1 aliphatic rings. The predicted octanol–water partition coefficient (Wildman–Crippen LogP) is 10.2. The van der Waals surface area contributed by atoms with E-state index in [-0.39, 0.29) is 0 Å². The summed E-state index contributed by atoms with van der Waals surface area (Å²) in [6.07, 6.45) is 8.78. The molecule has 2 heterocycles. The fraction of sp³-hybridized carbons (Fsp3) is 0.0714. The van der Waals surface area contributed by atoms with E-state index in [1.807, 2.05) is 104 Å². The third kappa shape index (κ3) is 5.80. The highest BCUT2D eigenvalue weighted by atomic mass is 35.5. The summed E-state index contributed by atoms with van der Waals surface area (Å²) >= 11 is 7.16. The van der Waals surface area contributed by atoms with Crippen LogP contribution in [-0.2, 0) is 12.2 Å². The maximum absolute atomic E-state index is 7.16. The fourth-order valence-corrected chi connectivity index (χ4v) is 6.34. The molecule has 1 aliphatic heterocycles. The first-order valence-corrected chi connectivity index (χ1v) is 16.1. The van der Waals surface area contributed by atoms with E-state index in [1.165, 1.54) is 0 Å². The van der Waals surface area contributed by atoms with Crippen molar-refractivity contribution in [1.82, 2.24) is 9.55 Å². The van der Waals surface area contributed by atoms with Crippen molar-refractivity contribution in [2.24, 2.45) is 9.98 Å². The van der Waals surface area contributed by atoms with Gasteiger partial charge >= 0.3 is 0 Å². The van der Waals surface area contributed by atoms with Gasteiger partial charge in [-0.2, -0.15) is 0 Å². The van der Waals surface area contributed by atoms with Gasteiger partial charge in [0, 0.05) is 34.2 Å². The zero-order valence-electron chi connectivity index (χ0n) is 26.0. The molecule has 0 unspecified atom stereocenters. The van der Waals surface area contributed by atoms with Gasteiger partial charge in [-0.15, -0.1) is 0 Å². The van der Waals surface area contributed by atoms with Crippen LogP contribution in [0.15, 0.2) is 180 Å². The Morgan fingerprint density at radius 2 is 1.09 bits per heavy atom. The molecule has 7 rings (SSSR count). The minimum Gasteiger partial charge on any atom is -0.278 e. The Bertz CT molecular complexity index is 2050. The van der Waals surface area contributed by atoms with Gasteiger partial charge in [0.1, 0.15) is 5.82 Å². The van der Waals surface area contributed by atoms with E-state index in [0.717, 1.165) is 56.5 Å². The second kappa shape index (κ2) is 13.4. The highest BCUT2D eigenvalue weighted by Crippen LogP contribution is 2.46. The molecule has 0 atom stereocenters. The van der Waals surface area contributed by atoms with Gasteiger partial charge < -0.3 is 0 Å². The minimum atomic E-state index is -1.30. The lowest BCUT2D eigenvalue weighted by Gasteiger charge is -2.30. The summed E-state index contributed by atoms with van der Waals surface area (Å²) in [6, 6.07) is 49.1. The summed E-state index contributed by atoms with van der Waals surface area (Å²) in [4.78, 5) is 16.7. The van der Waals surface area contributed by atoms with Crippen molar-refractivity contribution in [1.29, 1.82) is 0 Å². The second-order valence-corrected chi connectivity index (χ2v) is 11.6. The van der Waals surface area contributed by atoms with Gasteiger partial charge in [-0.1, -0.05) is 175 Å². The number of halogens is 1. The average Bonchev–Trinajstić information content (AvgIpc) is 3.72. The van der Waals surface area contributed by atoms with Crippen molar-refractivity contribution in [2.45, 2.75) is 19.1 Å². The molecule has 0 fully saturated rings. The Morgan fingerprint density at radius 3 is 1.62 bits per heavy atom. The van der Waals surface area contributed by atoms with Gasteiger partial charge in [0.25, 0.3) is 5.79 Å². The van der Waals surface area contributed by atoms with Gasteiger partial charge in [0.15, 0.2) is 0 Å². The normalized spacial score (nSPS) is 14.1. The molecule has 6 aromatic rings. The number of hydrogen-bond acceptors (Lipinski definition) is 3. The number of imidazole rings is 1. The molecule has 0 saturated heterocycles. The number of rotatable bonds is 9. The Morgan fingerprint density at radius 1 is 0.596 bits per heavy atom. The van der Waals surface area contributed by atoms with E-state index in [4.69, 9.17) is 26.6 Å². The Balaban J connectivity index is 1.64. The van der Waals surface area contributed by atoms with Crippen molar-refractivity contribution < 1.29 is 0 Å². The third-order valence-corrected chi connectivity index (χ3v) is 8.51. The summed E-state index contributed by atoms with van der Waals surface area (Å²) in [7, 11) is 0. The van der Waals surface area contributed by atoms with E-state index in [2.05, 4.69) is 77.4 Å². The molecule has 0 aliphatic carbocycles. The number of aromatic nitrogens is 2. The first kappa shape index (κ1) is 30.1. The highest BCUT2D eigenvalue weighted by Gasteiger charge is 2.45. The van der Waals surface area contributed by atoms with E-state index >= 15 is 0 Å². The smallest absolute Gasteiger partial charge is 0.262 e. The molecule has 1 aromatic heterocycles. The van der Waals surface area contributed by atoms with Gasteiger partial charge in [-0.3, -0.25) is 4.57 Å². The van der Waals surface area contributed by atoms with Gasteiger partial charge in [0.05, 0.1) is 27.8 Å². The molecule has 0 N–H and O–H groups in total. The standard InChI is InChI=1S/C42H33ClN4/c1-2-3-4-17-30-37-44-40(33-24-13-7-14-25-33)41(34-26-15-8-16-27-34)47(37)42(35-28-18-19-29-36(35)43)45-38(31-20-9-5-10-21-31)39(46-42)32-22-11-6-12-23-32/h2-29H,30H2,1H3/b3-2-,17-4-. The van der Waals surface area contributed by atoms with Crippen LogP contribution in [0.1, 0.15) is 29.4 Å². The van der Waals surface area contributed by atoms with Crippen LogP contribution in [0.3, 0.4) is 0 Å². The topological polar surface area (TPSA) is 42.5 Å². The maximum atomic E-state index is 7.16. The molecule has 4 nitrogen and oxygen atoms in total. The maximum Gasteiger partial charge on any atom is 0.262 e. The Hall–Kier alpha value is -5.58. The largest absolute Gasteiger partial charge is 0.278 e. The van der Waals surface area contributed by atoms with E-state index in [0.29, 0.717) is 11.4 Å². The van der Waals surface area contributed by atoms with Crippen LogP contribution < -0.4 is 0 Å². The summed E-state index contributed by atoms with van der Waals surface area (Å²) in [6.45, 7) is 2.01. The lowest BCUT2D eigenvalue weighted by molar-refractivity contribution is 0.393. The lowest BCUT2D eigenvalue weighted by atomic mass is 10.0. The number of benzene rings is 5. The van der Waals surface area contributed by atoms with Crippen LogP contribution in [0.5, 0.6) is 0 Å². The molecular formula is C42H33ClN4. The summed E-state index contributed by atoms with van der Waals surface area (Å²) in [5, 5.41) is 0.575. The summed E-state index contributed by atoms with van der Waals surface area (Å²) in [5.41, 5.74) is 8.10. The quantitative estimate of drug-likeness (QED) is 0.147. The molecule has 5 heteroatoms. The molecule has 0 radical (unpaired) electrons. The van der Waals surface area contributed by atoms with Gasteiger partial charge in [-0.25, -0.2) is 15.0 Å². The minimum absolute atomic E-state index is 0.551. The van der Waals surface area contributed by atoms with Crippen molar-refractivity contribution in [3.63, 3.8) is 0 Å². The molecular weight excluding hydrogens is 596 g/mol. The van der Waals surface area contributed by atoms with Gasteiger partial charge in [-0.05, 0) is 13.0 Å². The summed E-state index contributed by atoms with van der Waals surface area (Å²) < 4.78 is 2.21. The monoisotopic (exact) mass is 628 g/mol. The molecule has 228 valence electrons. The van der Waals surface area contributed by atoms with Crippen molar-refractivity contribution in [3.8, 4) is 22.5 Å². The Kier molecular flexibility index (Phi) is 8.59. The van der Waals surface area contributed by atoms with E-state index in [9.17, 15) is 0 Å². The van der Waals surface area contributed by atoms with Crippen LogP contribution in [0, 0.1) is 0 Å². The fourth-order valence-electron chi connectivity index (χ4n) is 6.07. The van der Waals surface area contributed by atoms with Crippen LogP contribution in [0.25, 0.3) is 22.5 Å². The lowest BCUT2D eigenvalue weighted by Crippen LogP contribution is -2.32. The van der Waals surface area contributed by atoms with Crippen LogP contribution >= 0.6 is 11.6 Å². The molecule has 0 spiro atoms. The number of allylic oxidation sites excluding steroid dienone is 4. The van der Waals surface area contributed by atoms with E-state index < -0.39 is 5.79 Å². The first-order valence-electron chi connectivity index (χ1n) is 15.8. The average molecular weight is 629 g/mol. The number of hydrogen-bond donors (Lipinski definition) is 0. The van der Waals surface area contributed by atoms with Crippen molar-refractivity contribution in [3.05, 3.63) is 197 Å². The zero-order chi connectivity index (χ0) is 32.1. The van der Waals surface area contributed by atoms with Crippen molar-refractivity contribution in [2.75, 3.05) is 0 Å². The Labute approximate surface area is 280 Å². The predicted molar refractivity (Wildman–Crippen MR) is 195 cm³/mol. The van der Waals surface area contributed by atoms with Crippen LogP contribution in [-0.4, -0.2) is 21.0 Å². The number of aliphatic imine (C=N–C) groups is 2. The molecule has 0 saturated carbocycles. The van der Waals surface area contributed by atoms with Crippen LogP contribution in [0.4, 0.5) is 0 Å². The number of nitrogens with zero attached hydrogens (tertiary/aromatic N) is 4. The molecule has 0 bridgehead atoms. The second-order valence-electron chi connectivity index (χ2n) is 11.2. The van der Waals surface area contributed by atoms with E-state index in [1.54, 1.807) is 0 Å². The van der Waals surface area contributed by atoms with Gasteiger partial charge in [0.2, 0.25) is 0 Å². The molecule has 5 aromatic carbocycles. The SMILES string of the molecule is C/C=C\C=C/Cc1nc(-c2ccccc2)c(-c2ccccc2)n1C1(c2ccccc2Cl)N=C(c2ccccc2)C(c2ccccc2)=N1. The third-order valence-electron chi connectivity index (χ3n) is 8.18. The molecule has 0 amide bonds. The first-order chi connectivity index (χ1) is 23.2. The zero-order valence-corrected chi connectivity index (χ0v) is 26.8. The molecule has 47 heavy (non-hydrogen) atoms. The van der Waals surface area contributed by atoms with Crippen molar-refractivity contribution >= 4 is 23.0 Å². The summed E-state index contributed by atoms with van der Waals surface area (Å²) in [5.74, 6) is -0.485.